The molecule has 0 saturated heterocycles. The van der Waals surface area contributed by atoms with Gasteiger partial charge in [0, 0.05) is 20.6 Å². The Balaban J connectivity index is 2.93. The van der Waals surface area contributed by atoms with Gasteiger partial charge >= 0.3 is 12.2 Å². The Labute approximate surface area is 97.9 Å². The van der Waals surface area contributed by atoms with Crippen LogP contribution in [-0.2, 0) is 6.54 Å². The van der Waals surface area contributed by atoms with E-state index in [0.717, 1.165) is 0 Å². The van der Waals surface area contributed by atoms with E-state index in [4.69, 9.17) is 9.47 Å². The number of nitrogens with one attached hydrogen (secondary N) is 2. The van der Waals surface area contributed by atoms with Crippen LogP contribution < -0.4 is 20.1 Å². The van der Waals surface area contributed by atoms with Crippen molar-refractivity contribution in [1.82, 2.24) is 20.2 Å². The third-order valence-electron chi connectivity index (χ3n) is 1.89. The number of imidazole rings is 1. The number of carbonyl (C=O) groups excluding carboxylic acids is 2. The van der Waals surface area contributed by atoms with E-state index in [1.807, 2.05) is 6.92 Å². The first kappa shape index (κ1) is 12.8. The van der Waals surface area contributed by atoms with Gasteiger partial charge in [-0.3, -0.25) is 4.57 Å². The molecule has 0 unspecified atom stereocenters. The van der Waals surface area contributed by atoms with E-state index in [-0.39, 0.29) is 11.8 Å². The summed E-state index contributed by atoms with van der Waals surface area (Å²) < 4.78 is 11.3. The Morgan fingerprint density at radius 1 is 1.29 bits per heavy atom. The molecule has 1 heterocycles. The lowest BCUT2D eigenvalue weighted by Crippen LogP contribution is -2.25. The smallest absolute Gasteiger partial charge is 0.387 e. The van der Waals surface area contributed by atoms with Crippen LogP contribution in [0.25, 0.3) is 0 Å². The predicted molar refractivity (Wildman–Crippen MR) is 58.1 cm³/mol. The van der Waals surface area contributed by atoms with Crippen molar-refractivity contribution in [2.24, 2.45) is 0 Å². The molecule has 0 aliphatic carbocycles. The maximum atomic E-state index is 11.1. The molecule has 1 rings (SSSR count). The fraction of sp³-hybridized carbons (Fsp3) is 0.444. The van der Waals surface area contributed by atoms with Gasteiger partial charge < -0.3 is 20.1 Å². The lowest BCUT2D eigenvalue weighted by atomic mass is 10.6. The number of aromatic nitrogens is 2. The molecule has 2 amide bonds. The Kier molecular flexibility index (Phi) is 4.32. The van der Waals surface area contributed by atoms with Gasteiger partial charge in [0.1, 0.15) is 6.33 Å². The average molecular weight is 242 g/mol. The Bertz CT molecular complexity index is 415. The highest BCUT2D eigenvalue weighted by atomic mass is 16.6. The van der Waals surface area contributed by atoms with Crippen molar-refractivity contribution in [3.8, 4) is 11.8 Å². The fourth-order valence-corrected chi connectivity index (χ4v) is 1.03. The summed E-state index contributed by atoms with van der Waals surface area (Å²) in [7, 11) is 2.84. The number of rotatable bonds is 3. The van der Waals surface area contributed by atoms with Gasteiger partial charge in [0.2, 0.25) is 0 Å². The molecule has 94 valence electrons. The summed E-state index contributed by atoms with van der Waals surface area (Å²) in [5, 5.41) is 4.56. The molecular weight excluding hydrogens is 228 g/mol. The van der Waals surface area contributed by atoms with Gasteiger partial charge in [0.25, 0.3) is 11.8 Å². The third-order valence-corrected chi connectivity index (χ3v) is 1.89. The first-order valence-electron chi connectivity index (χ1n) is 4.96. The first-order valence-corrected chi connectivity index (χ1v) is 4.96. The predicted octanol–water partition coefficient (Wildman–Crippen LogP) is 0.339. The molecule has 1 aromatic heterocycles. The van der Waals surface area contributed by atoms with E-state index in [9.17, 15) is 9.59 Å². The maximum absolute atomic E-state index is 11.1. The van der Waals surface area contributed by atoms with E-state index in [1.54, 1.807) is 0 Å². The second-order valence-corrected chi connectivity index (χ2v) is 2.92. The summed E-state index contributed by atoms with van der Waals surface area (Å²) in [6.07, 6.45) is 0.0615. The maximum Gasteiger partial charge on any atom is 0.413 e. The zero-order valence-corrected chi connectivity index (χ0v) is 9.81. The monoisotopic (exact) mass is 242 g/mol. The van der Waals surface area contributed by atoms with Crippen LogP contribution >= 0.6 is 0 Å². The summed E-state index contributed by atoms with van der Waals surface area (Å²) in [6, 6.07) is 0. The molecule has 0 bridgehead atoms. The van der Waals surface area contributed by atoms with Crippen LogP contribution in [0, 0.1) is 0 Å². The van der Waals surface area contributed by atoms with Gasteiger partial charge in [-0.15, -0.1) is 0 Å². The molecule has 0 aliphatic heterocycles. The molecule has 0 atom stereocenters. The van der Waals surface area contributed by atoms with Crippen molar-refractivity contribution in [2.45, 2.75) is 13.5 Å². The van der Waals surface area contributed by atoms with Crippen molar-refractivity contribution in [3.63, 3.8) is 0 Å². The van der Waals surface area contributed by atoms with Crippen LogP contribution in [0.4, 0.5) is 9.59 Å². The van der Waals surface area contributed by atoms with E-state index >= 15 is 0 Å². The SMILES string of the molecule is CCn1cnc(OC(=O)NC)c1OC(=O)NC. The van der Waals surface area contributed by atoms with Crippen LogP contribution in [0.15, 0.2) is 6.33 Å². The lowest BCUT2D eigenvalue weighted by molar-refractivity contribution is 0.188. The Morgan fingerprint density at radius 2 is 1.88 bits per heavy atom. The standard InChI is InChI=1S/C9H14N4O4/c1-4-13-5-12-6(16-8(14)10-2)7(13)17-9(15)11-3/h5H,4H2,1-3H3,(H,10,14)(H,11,15). The number of ether oxygens (including phenoxy) is 2. The van der Waals surface area contributed by atoms with Crippen molar-refractivity contribution >= 4 is 12.2 Å². The largest absolute Gasteiger partial charge is 0.413 e. The second kappa shape index (κ2) is 5.73. The highest BCUT2D eigenvalue weighted by molar-refractivity contribution is 5.72. The number of hydrogen-bond donors (Lipinski definition) is 2. The number of nitrogens with zero attached hydrogens (tertiary/aromatic N) is 2. The molecule has 0 aliphatic rings. The van der Waals surface area contributed by atoms with E-state index in [2.05, 4.69) is 15.6 Å². The highest BCUT2D eigenvalue weighted by Gasteiger charge is 2.18. The van der Waals surface area contributed by atoms with Gasteiger partial charge in [0.05, 0.1) is 0 Å². The van der Waals surface area contributed by atoms with E-state index < -0.39 is 12.2 Å². The highest BCUT2D eigenvalue weighted by Crippen LogP contribution is 2.25. The quantitative estimate of drug-likeness (QED) is 0.797. The zero-order valence-electron chi connectivity index (χ0n) is 9.81. The van der Waals surface area contributed by atoms with Gasteiger partial charge in [-0.1, -0.05) is 0 Å². The zero-order chi connectivity index (χ0) is 12.8. The van der Waals surface area contributed by atoms with Gasteiger partial charge in [-0.05, 0) is 6.92 Å². The van der Waals surface area contributed by atoms with Gasteiger partial charge in [0.15, 0.2) is 0 Å². The summed E-state index contributed by atoms with van der Waals surface area (Å²) in [5.74, 6) is 0.0188. The lowest BCUT2D eigenvalue weighted by Gasteiger charge is -2.07. The molecule has 8 nitrogen and oxygen atoms in total. The van der Waals surface area contributed by atoms with Crippen molar-refractivity contribution in [1.29, 1.82) is 0 Å². The normalized spacial score (nSPS) is 9.59. The van der Waals surface area contributed by atoms with Crippen molar-refractivity contribution < 1.29 is 19.1 Å². The first-order chi connectivity index (χ1) is 8.12. The molecule has 17 heavy (non-hydrogen) atoms. The van der Waals surface area contributed by atoms with Crippen LogP contribution in [0.1, 0.15) is 6.92 Å². The van der Waals surface area contributed by atoms with E-state index in [0.29, 0.717) is 6.54 Å². The van der Waals surface area contributed by atoms with Crippen molar-refractivity contribution in [2.75, 3.05) is 14.1 Å². The second-order valence-electron chi connectivity index (χ2n) is 2.92. The van der Waals surface area contributed by atoms with Crippen LogP contribution in [0.5, 0.6) is 11.8 Å². The van der Waals surface area contributed by atoms with Crippen molar-refractivity contribution in [3.05, 3.63) is 6.33 Å². The average Bonchev–Trinajstić information content (AvgIpc) is 2.71. The number of aryl methyl sites for hydroxylation is 1. The van der Waals surface area contributed by atoms with Crippen LogP contribution in [0.2, 0.25) is 0 Å². The molecule has 0 spiro atoms. The van der Waals surface area contributed by atoms with Crippen LogP contribution in [0.3, 0.4) is 0 Å². The van der Waals surface area contributed by atoms with E-state index in [1.165, 1.54) is 25.0 Å². The Hall–Kier alpha value is -2.25. The molecular formula is C9H14N4O4. The Morgan fingerprint density at radius 3 is 2.41 bits per heavy atom. The molecule has 0 saturated carbocycles. The van der Waals surface area contributed by atoms with Crippen LogP contribution in [-0.4, -0.2) is 35.8 Å². The summed E-state index contributed by atoms with van der Waals surface area (Å²) >= 11 is 0. The topological polar surface area (TPSA) is 94.5 Å². The molecule has 8 heteroatoms. The fourth-order valence-electron chi connectivity index (χ4n) is 1.03. The minimum absolute atomic E-state index is 0.0604. The molecule has 1 aromatic rings. The number of hydrogen-bond acceptors (Lipinski definition) is 5. The minimum atomic E-state index is -0.687. The summed E-state index contributed by atoms with van der Waals surface area (Å²) in [5.41, 5.74) is 0. The minimum Gasteiger partial charge on any atom is -0.387 e. The van der Waals surface area contributed by atoms with Gasteiger partial charge in [-0.2, -0.15) is 4.98 Å². The summed E-state index contributed by atoms with van der Waals surface area (Å²) in [6.45, 7) is 2.36. The molecule has 2 N–H and O–H groups in total. The van der Waals surface area contributed by atoms with Gasteiger partial charge in [-0.25, -0.2) is 9.59 Å². The number of carbonyl (C=O) groups is 2. The number of amides is 2. The molecule has 0 aromatic carbocycles. The third kappa shape index (κ3) is 3.10. The molecule has 0 fully saturated rings. The molecule has 0 radical (unpaired) electrons. The summed E-state index contributed by atoms with van der Waals surface area (Å²) in [4.78, 5) is 26.0.